The molecule has 39 heavy (non-hydrogen) atoms. The Hall–Kier alpha value is -4.10. The lowest BCUT2D eigenvalue weighted by Gasteiger charge is -2.16. The van der Waals surface area contributed by atoms with Crippen molar-refractivity contribution in [1.29, 1.82) is 0 Å². The van der Waals surface area contributed by atoms with E-state index in [4.69, 9.17) is 16.3 Å². The fourth-order valence-corrected chi connectivity index (χ4v) is 5.12. The minimum atomic E-state index is -4.59. The summed E-state index contributed by atoms with van der Waals surface area (Å²) in [6.07, 6.45) is 1.45. The summed E-state index contributed by atoms with van der Waals surface area (Å²) in [5.74, 6) is 0.804. The first-order valence-corrected chi connectivity index (χ1v) is 12.7. The van der Waals surface area contributed by atoms with Crippen LogP contribution < -0.4 is 4.74 Å². The highest BCUT2D eigenvalue weighted by Crippen LogP contribution is 2.39. The zero-order valence-corrected chi connectivity index (χ0v) is 21.2. The maximum Gasteiger partial charge on any atom is 0.418 e. The van der Waals surface area contributed by atoms with E-state index in [1.54, 1.807) is 30.3 Å². The molecule has 3 nitrogen and oxygen atoms in total. The predicted molar refractivity (Wildman–Crippen MR) is 145 cm³/mol. The number of hydrogen-bond acceptors (Lipinski definition) is 2. The molecule has 0 bridgehead atoms. The summed E-state index contributed by atoms with van der Waals surface area (Å²) in [4.78, 5) is 0. The van der Waals surface area contributed by atoms with Crippen LogP contribution in [0.3, 0.4) is 0 Å². The van der Waals surface area contributed by atoms with E-state index in [1.807, 2.05) is 18.2 Å². The second-order valence-corrected chi connectivity index (χ2v) is 9.77. The molecule has 0 saturated carbocycles. The molecule has 5 aromatic rings. The first-order chi connectivity index (χ1) is 18.8. The van der Waals surface area contributed by atoms with Crippen LogP contribution in [0.25, 0.3) is 28.2 Å². The Morgan fingerprint density at radius 3 is 2.51 bits per heavy atom. The highest BCUT2D eigenvalue weighted by Gasteiger charge is 2.34. The number of halogens is 5. The van der Waals surface area contributed by atoms with Crippen molar-refractivity contribution in [2.45, 2.75) is 25.6 Å². The van der Waals surface area contributed by atoms with Crippen molar-refractivity contribution in [2.75, 3.05) is 0 Å². The van der Waals surface area contributed by atoms with Gasteiger partial charge in [-0.15, -0.1) is 0 Å². The van der Waals surface area contributed by atoms with E-state index < -0.39 is 17.6 Å². The van der Waals surface area contributed by atoms with Crippen LogP contribution >= 0.6 is 11.6 Å². The first kappa shape index (κ1) is 25.2. The molecule has 1 heterocycles. The lowest BCUT2D eigenvalue weighted by atomic mass is 9.96. The van der Waals surface area contributed by atoms with E-state index in [9.17, 15) is 17.6 Å². The lowest BCUT2D eigenvalue weighted by Crippen LogP contribution is -2.07. The number of rotatable bonds is 5. The van der Waals surface area contributed by atoms with Gasteiger partial charge in [0.05, 0.1) is 17.8 Å². The maximum absolute atomic E-state index is 14.6. The largest absolute Gasteiger partial charge is 0.457 e. The minimum Gasteiger partial charge on any atom is -0.457 e. The summed E-state index contributed by atoms with van der Waals surface area (Å²) in [6, 6.07) is 21.2. The Morgan fingerprint density at radius 2 is 1.74 bits per heavy atom. The van der Waals surface area contributed by atoms with Gasteiger partial charge in [0.2, 0.25) is 0 Å². The summed E-state index contributed by atoms with van der Waals surface area (Å²) >= 11 is 5.89. The van der Waals surface area contributed by atoms with E-state index >= 15 is 0 Å². The third-order valence-electron chi connectivity index (χ3n) is 6.79. The molecular formula is C31H21ClF4N2O. The molecule has 0 spiro atoms. The quantitative estimate of drug-likeness (QED) is 0.205. The highest BCUT2D eigenvalue weighted by molar-refractivity contribution is 6.30. The van der Waals surface area contributed by atoms with Crippen molar-refractivity contribution in [1.82, 2.24) is 9.78 Å². The molecule has 1 aliphatic rings. The number of fused-ring (bicyclic) bond motifs is 2. The molecule has 1 aromatic heterocycles. The van der Waals surface area contributed by atoms with Crippen molar-refractivity contribution in [3.8, 4) is 22.8 Å². The van der Waals surface area contributed by atoms with E-state index in [0.717, 1.165) is 35.8 Å². The number of benzene rings is 4. The van der Waals surface area contributed by atoms with Gasteiger partial charge in [-0.25, -0.2) is 4.39 Å². The van der Waals surface area contributed by atoms with E-state index in [0.29, 0.717) is 22.4 Å². The van der Waals surface area contributed by atoms with Gasteiger partial charge in [0, 0.05) is 27.1 Å². The van der Waals surface area contributed by atoms with Crippen LogP contribution in [0.15, 0.2) is 84.9 Å². The van der Waals surface area contributed by atoms with Crippen molar-refractivity contribution in [3.63, 3.8) is 0 Å². The van der Waals surface area contributed by atoms with Crippen LogP contribution in [0.5, 0.6) is 11.5 Å². The van der Waals surface area contributed by atoms with Gasteiger partial charge in [0.15, 0.2) is 0 Å². The molecule has 0 unspecified atom stereocenters. The van der Waals surface area contributed by atoms with E-state index in [-0.39, 0.29) is 22.6 Å². The molecule has 4 aromatic carbocycles. The second-order valence-electron chi connectivity index (χ2n) is 9.33. The standard InChI is InChI=1S/C31H21ClF4N2O/c32-22-14-11-21(27(33)17-22)18-38-30(25-8-4-9-26(29(25)37-38)31(34,35)36)20-12-15-23(16-13-20)39-28-10-3-6-19-5-1-2-7-24(19)28/h1,3-6,8-17H,2,7,18H2. The molecule has 8 heteroatoms. The molecular weight excluding hydrogens is 528 g/mol. The first-order valence-electron chi connectivity index (χ1n) is 12.4. The SMILES string of the molecule is Fc1cc(Cl)ccc1Cn1nc2c(C(F)(F)F)cccc2c1-c1ccc(Oc2cccc3c2CCC=C3)cc1. The third-order valence-corrected chi connectivity index (χ3v) is 7.03. The average molecular weight is 549 g/mol. The monoisotopic (exact) mass is 548 g/mol. The number of aromatic nitrogens is 2. The topological polar surface area (TPSA) is 27.1 Å². The van der Waals surface area contributed by atoms with Crippen LogP contribution in [0.4, 0.5) is 17.6 Å². The Bertz CT molecular complexity index is 1720. The maximum atomic E-state index is 14.6. The van der Waals surface area contributed by atoms with Gasteiger partial charge in [-0.05, 0) is 66.9 Å². The minimum absolute atomic E-state index is 0.0771. The van der Waals surface area contributed by atoms with Crippen LogP contribution in [0.1, 0.15) is 28.7 Å². The zero-order chi connectivity index (χ0) is 27.1. The van der Waals surface area contributed by atoms with Gasteiger partial charge in [-0.2, -0.15) is 18.3 Å². The third kappa shape index (κ3) is 4.90. The normalized spacial score (nSPS) is 13.1. The molecule has 0 N–H and O–H groups in total. The fraction of sp³-hybridized carbons (Fsp3) is 0.129. The number of nitrogens with zero attached hydrogens (tertiary/aromatic N) is 2. The van der Waals surface area contributed by atoms with Crippen LogP contribution in [0.2, 0.25) is 5.02 Å². The number of allylic oxidation sites excluding steroid dienone is 1. The second kappa shape index (κ2) is 9.89. The Labute approximate surface area is 226 Å². The van der Waals surface area contributed by atoms with Gasteiger partial charge < -0.3 is 4.74 Å². The van der Waals surface area contributed by atoms with Gasteiger partial charge >= 0.3 is 6.18 Å². The van der Waals surface area contributed by atoms with Gasteiger partial charge in [0.1, 0.15) is 22.8 Å². The molecule has 0 radical (unpaired) electrons. The molecule has 0 fully saturated rings. The van der Waals surface area contributed by atoms with E-state index in [2.05, 4.69) is 17.3 Å². The highest BCUT2D eigenvalue weighted by atomic mass is 35.5. The van der Waals surface area contributed by atoms with Crippen molar-refractivity contribution in [2.24, 2.45) is 0 Å². The molecule has 0 atom stereocenters. The molecule has 6 rings (SSSR count). The smallest absolute Gasteiger partial charge is 0.418 e. The summed E-state index contributed by atoms with van der Waals surface area (Å²) in [6.45, 7) is -0.0771. The van der Waals surface area contributed by atoms with Gasteiger partial charge in [-0.1, -0.05) is 54.1 Å². The molecule has 0 saturated heterocycles. The average Bonchev–Trinajstić information content (AvgIpc) is 3.28. The number of ether oxygens (including phenoxy) is 1. The predicted octanol–water partition coefficient (Wildman–Crippen LogP) is 9.31. The van der Waals surface area contributed by atoms with Gasteiger partial charge in [-0.3, -0.25) is 4.68 Å². The number of alkyl halides is 3. The summed E-state index contributed by atoms with van der Waals surface area (Å²) in [5.41, 5.74) is 2.54. The Morgan fingerprint density at radius 1 is 0.949 bits per heavy atom. The zero-order valence-electron chi connectivity index (χ0n) is 20.5. The van der Waals surface area contributed by atoms with Crippen molar-refractivity contribution < 1.29 is 22.3 Å². The molecule has 0 amide bonds. The molecule has 196 valence electrons. The van der Waals surface area contributed by atoms with Crippen molar-refractivity contribution >= 4 is 28.6 Å². The number of hydrogen-bond donors (Lipinski definition) is 0. The summed E-state index contributed by atoms with van der Waals surface area (Å²) in [5, 5.41) is 4.86. The Kier molecular flexibility index (Phi) is 6.39. The molecule has 1 aliphatic carbocycles. The van der Waals surface area contributed by atoms with Crippen LogP contribution in [-0.4, -0.2) is 9.78 Å². The van der Waals surface area contributed by atoms with Crippen molar-refractivity contribution in [3.05, 3.63) is 118 Å². The lowest BCUT2D eigenvalue weighted by molar-refractivity contribution is -0.136. The van der Waals surface area contributed by atoms with E-state index in [1.165, 1.54) is 28.9 Å². The van der Waals surface area contributed by atoms with Crippen LogP contribution in [0, 0.1) is 5.82 Å². The Balaban J connectivity index is 1.42. The fourth-order valence-electron chi connectivity index (χ4n) is 4.96. The molecule has 0 aliphatic heterocycles. The van der Waals surface area contributed by atoms with Gasteiger partial charge in [0.25, 0.3) is 0 Å². The van der Waals surface area contributed by atoms with Crippen LogP contribution in [-0.2, 0) is 19.1 Å². The summed E-state index contributed by atoms with van der Waals surface area (Å²) < 4.78 is 63.7. The summed E-state index contributed by atoms with van der Waals surface area (Å²) in [7, 11) is 0.